The van der Waals surface area contributed by atoms with E-state index in [1.807, 2.05) is 32.0 Å². The standard InChI is InChI=1S/C21H34N4O2/c1-4-22-21(23-12-10-20(26)24-17(2)3)25-13-11-19(14-25)16-27-15-18-8-6-5-7-9-18/h5-9,17,19H,4,10-16H2,1-3H3,(H,22,23)(H,24,26). The molecule has 0 aliphatic carbocycles. The number of hydrogen-bond acceptors (Lipinski definition) is 3. The Hall–Kier alpha value is -2.08. The van der Waals surface area contributed by atoms with Crippen molar-refractivity contribution in [3.63, 3.8) is 0 Å². The zero-order valence-electron chi connectivity index (χ0n) is 16.9. The minimum absolute atomic E-state index is 0.0539. The van der Waals surface area contributed by atoms with Crippen molar-refractivity contribution in [2.45, 2.75) is 46.3 Å². The predicted octanol–water partition coefficient (Wildman–Crippen LogP) is 2.41. The summed E-state index contributed by atoms with van der Waals surface area (Å²) in [5.41, 5.74) is 1.21. The lowest BCUT2D eigenvalue weighted by atomic mass is 10.1. The lowest BCUT2D eigenvalue weighted by molar-refractivity contribution is -0.121. The molecule has 1 fully saturated rings. The molecule has 1 amide bonds. The quantitative estimate of drug-likeness (QED) is 0.515. The van der Waals surface area contributed by atoms with Gasteiger partial charge in [0.15, 0.2) is 5.96 Å². The van der Waals surface area contributed by atoms with Gasteiger partial charge in [-0.1, -0.05) is 30.3 Å². The molecule has 0 spiro atoms. The van der Waals surface area contributed by atoms with Crippen LogP contribution in [0.4, 0.5) is 0 Å². The van der Waals surface area contributed by atoms with E-state index in [9.17, 15) is 4.79 Å². The number of carbonyl (C=O) groups is 1. The Balaban J connectivity index is 1.75. The zero-order chi connectivity index (χ0) is 19.5. The minimum Gasteiger partial charge on any atom is -0.376 e. The van der Waals surface area contributed by atoms with Crippen LogP contribution in [0, 0.1) is 5.92 Å². The van der Waals surface area contributed by atoms with Gasteiger partial charge in [-0.25, -0.2) is 0 Å². The second-order valence-electron chi connectivity index (χ2n) is 7.31. The van der Waals surface area contributed by atoms with E-state index in [2.05, 4.69) is 39.6 Å². The van der Waals surface area contributed by atoms with Crippen molar-refractivity contribution in [1.82, 2.24) is 15.5 Å². The first-order chi connectivity index (χ1) is 13.1. The molecule has 1 atom stereocenters. The Morgan fingerprint density at radius 2 is 2.11 bits per heavy atom. The van der Waals surface area contributed by atoms with Gasteiger partial charge < -0.3 is 20.3 Å². The molecule has 2 N–H and O–H groups in total. The van der Waals surface area contributed by atoms with Gasteiger partial charge in [-0.2, -0.15) is 0 Å². The predicted molar refractivity (Wildman–Crippen MR) is 110 cm³/mol. The van der Waals surface area contributed by atoms with Crippen LogP contribution < -0.4 is 10.6 Å². The van der Waals surface area contributed by atoms with Crippen LogP contribution in [0.1, 0.15) is 39.2 Å². The fourth-order valence-corrected chi connectivity index (χ4v) is 3.16. The minimum atomic E-state index is 0.0539. The summed E-state index contributed by atoms with van der Waals surface area (Å²) in [5.74, 6) is 1.47. The van der Waals surface area contributed by atoms with Crippen molar-refractivity contribution < 1.29 is 9.53 Å². The first-order valence-corrected chi connectivity index (χ1v) is 10.0. The number of aliphatic imine (C=N–C) groups is 1. The highest BCUT2D eigenvalue weighted by Gasteiger charge is 2.25. The molecule has 1 saturated heterocycles. The summed E-state index contributed by atoms with van der Waals surface area (Å²) >= 11 is 0. The molecule has 1 heterocycles. The second-order valence-corrected chi connectivity index (χ2v) is 7.31. The van der Waals surface area contributed by atoms with E-state index in [4.69, 9.17) is 4.74 Å². The number of benzene rings is 1. The van der Waals surface area contributed by atoms with Gasteiger partial charge in [-0.05, 0) is 32.8 Å². The van der Waals surface area contributed by atoms with Crippen LogP contribution in [-0.4, -0.2) is 55.6 Å². The molecule has 0 aromatic heterocycles. The second kappa shape index (κ2) is 11.6. The summed E-state index contributed by atoms with van der Waals surface area (Å²) in [4.78, 5) is 18.7. The van der Waals surface area contributed by atoms with Crippen molar-refractivity contribution in [2.24, 2.45) is 10.9 Å². The molecular formula is C21H34N4O2. The maximum Gasteiger partial charge on any atom is 0.222 e. The highest BCUT2D eigenvalue weighted by atomic mass is 16.5. The Morgan fingerprint density at radius 3 is 2.81 bits per heavy atom. The molecule has 27 heavy (non-hydrogen) atoms. The summed E-state index contributed by atoms with van der Waals surface area (Å²) in [6.07, 6.45) is 1.53. The Morgan fingerprint density at radius 1 is 1.33 bits per heavy atom. The summed E-state index contributed by atoms with van der Waals surface area (Å²) in [6.45, 7) is 10.7. The van der Waals surface area contributed by atoms with Gasteiger partial charge in [0, 0.05) is 38.0 Å². The summed E-state index contributed by atoms with van der Waals surface area (Å²) in [7, 11) is 0. The van der Waals surface area contributed by atoms with E-state index in [0.29, 0.717) is 25.5 Å². The van der Waals surface area contributed by atoms with Crippen LogP contribution in [0.15, 0.2) is 35.3 Å². The molecule has 1 aliphatic heterocycles. The molecule has 0 saturated carbocycles. The average molecular weight is 375 g/mol. The van der Waals surface area contributed by atoms with Crippen LogP contribution in [-0.2, 0) is 16.1 Å². The molecule has 150 valence electrons. The smallest absolute Gasteiger partial charge is 0.222 e. The Bertz CT molecular complexity index is 589. The SMILES string of the molecule is CCNC(=NCCC(=O)NC(C)C)N1CCC(COCc2ccccc2)C1. The lowest BCUT2D eigenvalue weighted by Gasteiger charge is -2.21. The van der Waals surface area contributed by atoms with Gasteiger partial charge in [0.2, 0.25) is 5.91 Å². The molecule has 1 aromatic carbocycles. The van der Waals surface area contributed by atoms with E-state index in [1.165, 1.54) is 5.56 Å². The maximum atomic E-state index is 11.8. The van der Waals surface area contributed by atoms with Gasteiger partial charge >= 0.3 is 0 Å². The van der Waals surface area contributed by atoms with Crippen molar-refractivity contribution in [3.05, 3.63) is 35.9 Å². The number of hydrogen-bond donors (Lipinski definition) is 2. The van der Waals surface area contributed by atoms with Crippen molar-refractivity contribution >= 4 is 11.9 Å². The number of nitrogens with zero attached hydrogens (tertiary/aromatic N) is 2. The molecule has 1 unspecified atom stereocenters. The van der Waals surface area contributed by atoms with E-state index in [1.54, 1.807) is 0 Å². The number of carbonyl (C=O) groups excluding carboxylic acids is 1. The first-order valence-electron chi connectivity index (χ1n) is 10.0. The van der Waals surface area contributed by atoms with Crippen LogP contribution in [0.25, 0.3) is 0 Å². The third-order valence-electron chi connectivity index (χ3n) is 4.44. The molecule has 2 rings (SSSR count). The summed E-state index contributed by atoms with van der Waals surface area (Å²) in [6, 6.07) is 10.4. The van der Waals surface area contributed by atoms with Crippen LogP contribution in [0.3, 0.4) is 0 Å². The number of ether oxygens (including phenoxy) is 1. The van der Waals surface area contributed by atoms with E-state index < -0.39 is 0 Å². The van der Waals surface area contributed by atoms with E-state index in [0.717, 1.165) is 38.6 Å². The monoisotopic (exact) mass is 374 g/mol. The molecule has 0 bridgehead atoms. The van der Waals surface area contributed by atoms with Crippen LogP contribution in [0.2, 0.25) is 0 Å². The van der Waals surface area contributed by atoms with E-state index in [-0.39, 0.29) is 11.9 Å². The number of guanidine groups is 1. The molecule has 6 heteroatoms. The average Bonchev–Trinajstić information content (AvgIpc) is 3.10. The van der Waals surface area contributed by atoms with Gasteiger partial charge in [0.25, 0.3) is 0 Å². The third kappa shape index (κ3) is 7.99. The fraction of sp³-hybridized carbons (Fsp3) is 0.619. The lowest BCUT2D eigenvalue weighted by Crippen LogP contribution is -2.40. The third-order valence-corrected chi connectivity index (χ3v) is 4.44. The van der Waals surface area contributed by atoms with Crippen molar-refractivity contribution in [1.29, 1.82) is 0 Å². The van der Waals surface area contributed by atoms with Crippen LogP contribution >= 0.6 is 0 Å². The van der Waals surface area contributed by atoms with Gasteiger partial charge in [-0.3, -0.25) is 9.79 Å². The van der Waals surface area contributed by atoms with Crippen molar-refractivity contribution in [3.8, 4) is 0 Å². The Labute approximate surface area is 163 Å². The number of nitrogens with one attached hydrogen (secondary N) is 2. The first kappa shape index (κ1) is 21.2. The van der Waals surface area contributed by atoms with Gasteiger partial charge in [-0.15, -0.1) is 0 Å². The van der Waals surface area contributed by atoms with Crippen molar-refractivity contribution in [2.75, 3.05) is 32.8 Å². The number of rotatable bonds is 9. The highest BCUT2D eigenvalue weighted by molar-refractivity contribution is 5.81. The molecule has 1 aromatic rings. The number of likely N-dealkylation sites (tertiary alicyclic amines) is 1. The molecule has 6 nitrogen and oxygen atoms in total. The largest absolute Gasteiger partial charge is 0.376 e. The number of amides is 1. The van der Waals surface area contributed by atoms with Gasteiger partial charge in [0.1, 0.15) is 0 Å². The van der Waals surface area contributed by atoms with Gasteiger partial charge in [0.05, 0.1) is 19.8 Å². The normalized spacial score (nSPS) is 17.4. The van der Waals surface area contributed by atoms with Crippen LogP contribution in [0.5, 0.6) is 0 Å². The maximum absolute atomic E-state index is 11.8. The Kier molecular flexibility index (Phi) is 9.11. The topological polar surface area (TPSA) is 66.0 Å². The summed E-state index contributed by atoms with van der Waals surface area (Å²) in [5, 5.41) is 6.25. The molecule has 1 aliphatic rings. The highest BCUT2D eigenvalue weighted by Crippen LogP contribution is 2.17. The molecule has 0 radical (unpaired) electrons. The zero-order valence-corrected chi connectivity index (χ0v) is 16.9. The molecular weight excluding hydrogens is 340 g/mol. The fourth-order valence-electron chi connectivity index (χ4n) is 3.16. The van der Waals surface area contributed by atoms with E-state index >= 15 is 0 Å². The summed E-state index contributed by atoms with van der Waals surface area (Å²) < 4.78 is 5.90.